The van der Waals surface area contributed by atoms with Crippen molar-refractivity contribution in [2.45, 2.75) is 32.8 Å². The maximum Gasteiger partial charge on any atom is 1.00 e. The Hall–Kier alpha value is -0.220. The molecule has 0 saturated heterocycles. The van der Waals surface area contributed by atoms with Crippen LogP contribution in [-0.4, -0.2) is 12.1 Å². The van der Waals surface area contributed by atoms with E-state index in [0.717, 1.165) is 6.42 Å². The maximum absolute atomic E-state index is 10.9. The fourth-order valence-corrected chi connectivity index (χ4v) is 1.51. The van der Waals surface area contributed by atoms with Crippen molar-refractivity contribution in [2.75, 3.05) is 0 Å². The van der Waals surface area contributed by atoms with Gasteiger partial charge in [-0.2, -0.15) is 0 Å². The molecule has 0 aliphatic heterocycles. The zero-order valence-electron chi connectivity index (χ0n) is 11.0. The van der Waals surface area contributed by atoms with Gasteiger partial charge in [0.05, 0.1) is 5.97 Å². The number of halogens is 1. The van der Waals surface area contributed by atoms with Crippen LogP contribution in [0.15, 0.2) is 24.3 Å². The van der Waals surface area contributed by atoms with Gasteiger partial charge in [-0.1, -0.05) is 25.4 Å². The molecule has 0 radical (unpaired) electrons. The Bertz CT molecular complexity index is 365. The van der Waals surface area contributed by atoms with Crippen molar-refractivity contribution in [3.63, 3.8) is 0 Å². The van der Waals surface area contributed by atoms with E-state index in [9.17, 15) is 9.90 Å². The second-order valence-electron chi connectivity index (χ2n) is 4.35. The largest absolute Gasteiger partial charge is 1.00 e. The molecule has 0 fully saturated rings. The monoisotopic (exact) mass is 278 g/mol. The SMILES string of the molecule is CC(C)CC[C@H](Oc1ccc(Cl)cc1)C(=O)[O-].[Na+]. The van der Waals surface area contributed by atoms with Crippen molar-refractivity contribution in [1.82, 2.24) is 0 Å². The van der Waals surface area contributed by atoms with Crippen LogP contribution in [0.5, 0.6) is 5.75 Å². The van der Waals surface area contributed by atoms with Gasteiger partial charge in [-0.05, 0) is 43.0 Å². The van der Waals surface area contributed by atoms with E-state index in [4.69, 9.17) is 16.3 Å². The first kappa shape index (κ1) is 17.8. The molecule has 0 aromatic heterocycles. The van der Waals surface area contributed by atoms with Gasteiger partial charge in [0.25, 0.3) is 0 Å². The van der Waals surface area contributed by atoms with E-state index >= 15 is 0 Å². The van der Waals surface area contributed by atoms with Crippen molar-refractivity contribution < 1.29 is 44.2 Å². The van der Waals surface area contributed by atoms with Crippen LogP contribution < -0.4 is 39.4 Å². The third kappa shape index (κ3) is 6.64. The predicted molar refractivity (Wildman–Crippen MR) is 64.9 cm³/mol. The van der Waals surface area contributed by atoms with Crippen molar-refractivity contribution in [2.24, 2.45) is 5.92 Å². The summed E-state index contributed by atoms with van der Waals surface area (Å²) >= 11 is 5.73. The fraction of sp³-hybridized carbons (Fsp3) is 0.462. The number of rotatable bonds is 6. The summed E-state index contributed by atoms with van der Waals surface area (Å²) in [5.41, 5.74) is 0. The predicted octanol–water partition coefficient (Wildman–Crippen LogP) is -0.722. The van der Waals surface area contributed by atoms with Gasteiger partial charge in [-0.15, -0.1) is 0 Å². The molecule has 0 unspecified atom stereocenters. The summed E-state index contributed by atoms with van der Waals surface area (Å²) in [5, 5.41) is 11.5. The number of carboxylic acids is 1. The molecule has 1 atom stereocenters. The molecule has 0 aliphatic carbocycles. The topological polar surface area (TPSA) is 49.4 Å². The van der Waals surface area contributed by atoms with Gasteiger partial charge in [-0.3, -0.25) is 0 Å². The van der Waals surface area contributed by atoms with Gasteiger partial charge >= 0.3 is 29.6 Å². The van der Waals surface area contributed by atoms with E-state index in [-0.39, 0.29) is 29.6 Å². The first-order chi connectivity index (χ1) is 7.99. The van der Waals surface area contributed by atoms with Gasteiger partial charge in [0, 0.05) is 5.02 Å². The molecule has 0 aliphatic rings. The van der Waals surface area contributed by atoms with Crippen molar-refractivity contribution in [1.29, 1.82) is 0 Å². The number of aliphatic carboxylic acids is 1. The van der Waals surface area contributed by atoms with Crippen LogP contribution >= 0.6 is 11.6 Å². The molecule has 5 heteroatoms. The fourth-order valence-electron chi connectivity index (χ4n) is 1.39. The van der Waals surface area contributed by atoms with Gasteiger partial charge < -0.3 is 14.6 Å². The Morgan fingerprint density at radius 3 is 2.28 bits per heavy atom. The van der Waals surface area contributed by atoms with E-state index in [1.165, 1.54) is 0 Å². The van der Waals surface area contributed by atoms with Gasteiger partial charge in [-0.25, -0.2) is 0 Å². The number of carbonyl (C=O) groups excluding carboxylic acids is 1. The molecule has 94 valence electrons. The standard InChI is InChI=1S/C13H17ClO3.Na/c1-9(2)3-8-12(13(15)16)17-11-6-4-10(14)5-7-11;/h4-7,9,12H,3,8H2,1-2H3,(H,15,16);/q;+1/p-1/t12-;/m0./s1. The van der Waals surface area contributed by atoms with Crippen LogP contribution in [0.25, 0.3) is 0 Å². The van der Waals surface area contributed by atoms with E-state index in [1.807, 2.05) is 13.8 Å². The summed E-state index contributed by atoms with van der Waals surface area (Å²) in [7, 11) is 0. The third-order valence-electron chi connectivity index (χ3n) is 2.36. The molecule has 18 heavy (non-hydrogen) atoms. The number of benzene rings is 1. The first-order valence-electron chi connectivity index (χ1n) is 5.62. The van der Waals surface area contributed by atoms with Gasteiger partial charge in [0.15, 0.2) is 0 Å². The summed E-state index contributed by atoms with van der Waals surface area (Å²) in [6.07, 6.45) is 0.327. The van der Waals surface area contributed by atoms with Crippen LogP contribution in [0.1, 0.15) is 26.7 Å². The third-order valence-corrected chi connectivity index (χ3v) is 2.61. The van der Waals surface area contributed by atoms with Crippen molar-refractivity contribution >= 4 is 17.6 Å². The number of hydrogen-bond donors (Lipinski definition) is 0. The smallest absolute Gasteiger partial charge is 0.546 e. The number of hydrogen-bond acceptors (Lipinski definition) is 3. The van der Waals surface area contributed by atoms with Crippen molar-refractivity contribution in [3.05, 3.63) is 29.3 Å². The summed E-state index contributed by atoms with van der Waals surface area (Å²) < 4.78 is 5.36. The van der Waals surface area contributed by atoms with E-state index < -0.39 is 12.1 Å². The Balaban J connectivity index is 0.00000289. The molecule has 1 aromatic rings. The average molecular weight is 279 g/mol. The number of ether oxygens (including phenoxy) is 1. The summed E-state index contributed by atoms with van der Waals surface area (Å²) in [6.45, 7) is 4.07. The second kappa shape index (κ2) is 8.81. The number of carbonyl (C=O) groups is 1. The zero-order chi connectivity index (χ0) is 12.8. The molecule has 3 nitrogen and oxygen atoms in total. The van der Waals surface area contributed by atoms with Crippen LogP contribution in [0.3, 0.4) is 0 Å². The molecule has 0 bridgehead atoms. The minimum atomic E-state index is -1.18. The molecule has 1 rings (SSSR count). The average Bonchev–Trinajstić information content (AvgIpc) is 2.26. The Kier molecular flexibility index (Phi) is 8.70. The van der Waals surface area contributed by atoms with E-state index in [2.05, 4.69) is 0 Å². The van der Waals surface area contributed by atoms with Crippen LogP contribution in [0, 0.1) is 5.92 Å². The zero-order valence-corrected chi connectivity index (χ0v) is 13.7. The molecule has 0 amide bonds. The molecule has 0 saturated carbocycles. The van der Waals surface area contributed by atoms with Crippen LogP contribution in [0.2, 0.25) is 5.02 Å². The quantitative estimate of drug-likeness (QED) is 0.645. The summed E-state index contributed by atoms with van der Waals surface area (Å²) in [6, 6.07) is 6.61. The Morgan fingerprint density at radius 2 is 1.83 bits per heavy atom. The van der Waals surface area contributed by atoms with Crippen LogP contribution in [0.4, 0.5) is 0 Å². The van der Waals surface area contributed by atoms with E-state index in [0.29, 0.717) is 23.1 Å². The molecule has 0 heterocycles. The molecule has 0 spiro atoms. The second-order valence-corrected chi connectivity index (χ2v) is 4.79. The minimum Gasteiger partial charge on any atom is -0.546 e. The normalized spacial score (nSPS) is 11.8. The summed E-state index contributed by atoms with van der Waals surface area (Å²) in [5.74, 6) is -0.251. The Labute approximate surface area is 135 Å². The molecular weight excluding hydrogens is 263 g/mol. The Morgan fingerprint density at radius 1 is 1.28 bits per heavy atom. The first-order valence-corrected chi connectivity index (χ1v) is 6.00. The summed E-state index contributed by atoms with van der Waals surface area (Å²) in [4.78, 5) is 10.9. The van der Waals surface area contributed by atoms with E-state index in [1.54, 1.807) is 24.3 Å². The number of carboxylic acid groups (broad SMARTS) is 1. The van der Waals surface area contributed by atoms with Gasteiger partial charge in [0.2, 0.25) is 0 Å². The molecule has 0 N–H and O–H groups in total. The molecule has 1 aromatic carbocycles. The maximum atomic E-state index is 10.9. The minimum absolute atomic E-state index is 0. The van der Waals surface area contributed by atoms with Crippen LogP contribution in [-0.2, 0) is 4.79 Å². The van der Waals surface area contributed by atoms with Gasteiger partial charge in [0.1, 0.15) is 11.9 Å². The van der Waals surface area contributed by atoms with Crippen molar-refractivity contribution in [3.8, 4) is 5.75 Å². The molecular formula is C13H16ClNaO3.